The molecule has 0 atom stereocenters. The number of hydrogen-bond donors (Lipinski definition) is 3. The Bertz CT molecular complexity index is 931. The maximum Gasteiger partial charge on any atom is 0.261 e. The van der Waals surface area contributed by atoms with Gasteiger partial charge in [-0.2, -0.15) is 0 Å². The Balaban J connectivity index is 2.05. The number of unbranched alkanes of at least 4 members (excludes halogenated alkanes) is 1. The van der Waals surface area contributed by atoms with E-state index >= 15 is 0 Å². The number of benzene rings is 2. The molecule has 3 N–H and O–H groups in total. The molecule has 0 bridgehead atoms. The van der Waals surface area contributed by atoms with E-state index in [2.05, 4.69) is 16.0 Å². The highest BCUT2D eigenvalue weighted by Gasteiger charge is 2.15. The first-order valence-electron chi connectivity index (χ1n) is 9.63. The highest BCUT2D eigenvalue weighted by molar-refractivity contribution is 7.80. The van der Waals surface area contributed by atoms with Gasteiger partial charge in [0.25, 0.3) is 5.91 Å². The number of aryl methyl sites for hydroxylation is 1. The molecule has 0 aliphatic heterocycles. The van der Waals surface area contributed by atoms with Crippen LogP contribution in [0.25, 0.3) is 0 Å². The molecule has 0 heterocycles. The lowest BCUT2D eigenvalue weighted by Gasteiger charge is -2.15. The second kappa shape index (κ2) is 11.2. The van der Waals surface area contributed by atoms with Gasteiger partial charge in [-0.05, 0) is 49.3 Å². The quantitative estimate of drug-likeness (QED) is 0.543. The number of hydrogen-bond acceptors (Lipinski definition) is 5. The minimum Gasteiger partial charge on any atom is -0.496 e. The molecule has 0 aliphatic rings. The predicted octanol–water partition coefficient (Wildman–Crippen LogP) is 4.27. The van der Waals surface area contributed by atoms with Crippen LogP contribution in [0.1, 0.15) is 42.1 Å². The van der Waals surface area contributed by atoms with Crippen LogP contribution in [0.15, 0.2) is 36.4 Å². The monoisotopic (exact) mass is 429 g/mol. The van der Waals surface area contributed by atoms with Gasteiger partial charge in [-0.25, -0.2) is 0 Å². The Kier molecular flexibility index (Phi) is 8.61. The Morgan fingerprint density at radius 2 is 1.83 bits per heavy atom. The molecule has 30 heavy (non-hydrogen) atoms. The fraction of sp³-hybridized carbons (Fsp3) is 0.318. The summed E-state index contributed by atoms with van der Waals surface area (Å²) in [7, 11) is 3.04. The van der Waals surface area contributed by atoms with Crippen LogP contribution < -0.4 is 25.4 Å². The van der Waals surface area contributed by atoms with Crippen molar-refractivity contribution in [2.75, 3.05) is 24.9 Å². The van der Waals surface area contributed by atoms with E-state index in [0.29, 0.717) is 34.9 Å². The first-order chi connectivity index (χ1) is 14.4. The van der Waals surface area contributed by atoms with Gasteiger partial charge in [-0.1, -0.05) is 25.5 Å². The number of ether oxygens (including phenoxy) is 2. The van der Waals surface area contributed by atoms with E-state index in [9.17, 15) is 9.59 Å². The van der Waals surface area contributed by atoms with Crippen LogP contribution in [-0.4, -0.2) is 31.1 Å². The minimum atomic E-state index is -0.375. The summed E-state index contributed by atoms with van der Waals surface area (Å²) in [6.45, 7) is 3.89. The molecular formula is C22H27N3O4S. The van der Waals surface area contributed by atoms with Gasteiger partial charge in [-0.15, -0.1) is 0 Å². The summed E-state index contributed by atoms with van der Waals surface area (Å²) >= 11 is 5.26. The average Bonchev–Trinajstić information content (AvgIpc) is 2.72. The van der Waals surface area contributed by atoms with Crippen LogP contribution in [0.2, 0.25) is 0 Å². The fourth-order valence-electron chi connectivity index (χ4n) is 2.86. The Morgan fingerprint density at radius 1 is 1.07 bits per heavy atom. The van der Waals surface area contributed by atoms with E-state index in [-0.39, 0.29) is 16.9 Å². The topological polar surface area (TPSA) is 88.7 Å². The number of nitrogens with one attached hydrogen (secondary N) is 3. The molecule has 0 saturated heterocycles. The Morgan fingerprint density at radius 3 is 2.50 bits per heavy atom. The highest BCUT2D eigenvalue weighted by atomic mass is 32.1. The van der Waals surface area contributed by atoms with Crippen LogP contribution in [0.3, 0.4) is 0 Å². The SMILES string of the molecule is CCCCC(=O)Nc1ccc(NC(=S)NC(=O)c2cccc(C)c2OC)cc1OC. The molecule has 2 amide bonds. The second-order valence-electron chi connectivity index (χ2n) is 6.63. The number of methoxy groups -OCH3 is 2. The van der Waals surface area contributed by atoms with E-state index in [1.165, 1.54) is 14.2 Å². The van der Waals surface area contributed by atoms with Gasteiger partial charge in [0.05, 0.1) is 25.5 Å². The van der Waals surface area contributed by atoms with Crippen molar-refractivity contribution in [1.82, 2.24) is 5.32 Å². The average molecular weight is 430 g/mol. The lowest BCUT2D eigenvalue weighted by molar-refractivity contribution is -0.116. The number of para-hydroxylation sites is 1. The summed E-state index contributed by atoms with van der Waals surface area (Å²) in [6.07, 6.45) is 2.23. The summed E-state index contributed by atoms with van der Waals surface area (Å²) < 4.78 is 10.7. The van der Waals surface area contributed by atoms with Crippen molar-refractivity contribution in [2.24, 2.45) is 0 Å². The highest BCUT2D eigenvalue weighted by Crippen LogP contribution is 2.28. The van der Waals surface area contributed by atoms with Crippen LogP contribution >= 0.6 is 12.2 Å². The van der Waals surface area contributed by atoms with Crippen molar-refractivity contribution in [3.63, 3.8) is 0 Å². The van der Waals surface area contributed by atoms with E-state index in [0.717, 1.165) is 18.4 Å². The van der Waals surface area contributed by atoms with Gasteiger partial charge in [-0.3, -0.25) is 14.9 Å². The number of rotatable bonds is 8. The largest absolute Gasteiger partial charge is 0.496 e. The molecule has 8 heteroatoms. The lowest BCUT2D eigenvalue weighted by Crippen LogP contribution is -2.34. The maximum absolute atomic E-state index is 12.6. The van der Waals surface area contributed by atoms with Gasteiger partial charge >= 0.3 is 0 Å². The molecule has 2 aromatic carbocycles. The van der Waals surface area contributed by atoms with Crippen LogP contribution in [0, 0.1) is 6.92 Å². The molecule has 2 rings (SSSR count). The second-order valence-corrected chi connectivity index (χ2v) is 7.04. The molecule has 0 unspecified atom stereocenters. The van der Waals surface area contributed by atoms with E-state index in [4.69, 9.17) is 21.7 Å². The zero-order valence-electron chi connectivity index (χ0n) is 17.6. The number of carbonyl (C=O) groups is 2. The summed E-state index contributed by atoms with van der Waals surface area (Å²) in [5.74, 6) is 0.549. The molecule has 0 radical (unpaired) electrons. The van der Waals surface area contributed by atoms with Crippen LogP contribution in [0.4, 0.5) is 11.4 Å². The molecule has 2 aromatic rings. The number of thiocarbonyl (C=S) groups is 1. The van der Waals surface area contributed by atoms with Crippen molar-refractivity contribution in [3.8, 4) is 11.5 Å². The zero-order chi connectivity index (χ0) is 22.1. The van der Waals surface area contributed by atoms with Crippen LogP contribution in [-0.2, 0) is 4.79 Å². The van der Waals surface area contributed by atoms with Crippen molar-refractivity contribution in [2.45, 2.75) is 33.1 Å². The molecule has 7 nitrogen and oxygen atoms in total. The predicted molar refractivity (Wildman–Crippen MR) is 123 cm³/mol. The van der Waals surface area contributed by atoms with Crippen molar-refractivity contribution < 1.29 is 19.1 Å². The molecule has 0 aromatic heterocycles. The molecular weight excluding hydrogens is 402 g/mol. The number of carbonyl (C=O) groups excluding carboxylic acids is 2. The van der Waals surface area contributed by atoms with Crippen molar-refractivity contribution in [1.29, 1.82) is 0 Å². The van der Waals surface area contributed by atoms with Crippen molar-refractivity contribution >= 4 is 40.5 Å². The molecule has 160 valence electrons. The lowest BCUT2D eigenvalue weighted by atomic mass is 10.1. The Hall–Kier alpha value is -3.13. The third-order valence-corrected chi connectivity index (χ3v) is 4.58. The smallest absolute Gasteiger partial charge is 0.261 e. The van der Waals surface area contributed by atoms with Gasteiger partial charge in [0.1, 0.15) is 11.5 Å². The van der Waals surface area contributed by atoms with Crippen molar-refractivity contribution in [3.05, 3.63) is 47.5 Å². The Labute approximate surface area is 182 Å². The van der Waals surface area contributed by atoms with E-state index < -0.39 is 0 Å². The van der Waals surface area contributed by atoms with E-state index in [1.54, 1.807) is 30.3 Å². The standard InChI is InChI=1S/C22H27N3O4S/c1-5-6-10-19(26)24-17-12-11-15(13-18(17)28-3)23-22(30)25-21(27)16-9-7-8-14(2)20(16)29-4/h7-9,11-13H,5-6,10H2,1-4H3,(H,24,26)(H2,23,25,27,30). The minimum absolute atomic E-state index is 0.0641. The van der Waals surface area contributed by atoms with E-state index in [1.807, 2.05) is 19.9 Å². The third kappa shape index (κ3) is 6.18. The first-order valence-corrected chi connectivity index (χ1v) is 10.0. The van der Waals surface area contributed by atoms with Gasteiger partial charge < -0.3 is 20.1 Å². The van der Waals surface area contributed by atoms with Gasteiger partial charge in [0, 0.05) is 18.2 Å². The van der Waals surface area contributed by atoms with Gasteiger partial charge in [0.15, 0.2) is 5.11 Å². The molecule has 0 saturated carbocycles. The normalized spacial score (nSPS) is 10.1. The van der Waals surface area contributed by atoms with Gasteiger partial charge in [0.2, 0.25) is 5.91 Å². The summed E-state index contributed by atoms with van der Waals surface area (Å²) in [4.78, 5) is 24.5. The molecule has 0 spiro atoms. The number of anilines is 2. The third-order valence-electron chi connectivity index (χ3n) is 4.38. The summed E-state index contributed by atoms with van der Waals surface area (Å²) in [5.41, 5.74) is 2.43. The van der Waals surface area contributed by atoms with Crippen LogP contribution in [0.5, 0.6) is 11.5 Å². The zero-order valence-corrected chi connectivity index (χ0v) is 18.4. The first kappa shape index (κ1) is 23.2. The molecule has 0 aliphatic carbocycles. The summed E-state index contributed by atoms with van der Waals surface area (Å²) in [5, 5.41) is 8.57. The maximum atomic E-state index is 12.6. The molecule has 0 fully saturated rings. The summed E-state index contributed by atoms with van der Waals surface area (Å²) in [6, 6.07) is 10.5. The fourth-order valence-corrected chi connectivity index (χ4v) is 3.07. The number of amides is 2.